The molecule has 216 valence electrons. The van der Waals surface area contributed by atoms with Crippen molar-refractivity contribution < 1.29 is 39.5 Å². The molecule has 0 fully saturated rings. The minimum atomic E-state index is -2.67. The number of aromatic hydroxyl groups is 1. The molecule has 42 heavy (non-hydrogen) atoms. The Morgan fingerprint density at radius 1 is 1.02 bits per heavy atom. The van der Waals surface area contributed by atoms with Gasteiger partial charge in [0.25, 0.3) is 5.91 Å². The molecular formula is C32H30N2O8. The molecule has 6 N–H and O–H groups in total. The minimum Gasteiger partial charge on any atom is -0.510 e. The van der Waals surface area contributed by atoms with Gasteiger partial charge in [0.15, 0.2) is 11.4 Å². The van der Waals surface area contributed by atoms with Crippen molar-refractivity contribution in [3.63, 3.8) is 0 Å². The summed E-state index contributed by atoms with van der Waals surface area (Å²) in [7, 11) is 4.77. The molecule has 0 spiro atoms. The van der Waals surface area contributed by atoms with Crippen molar-refractivity contribution in [1.82, 2.24) is 4.90 Å². The number of nitrogens with zero attached hydrogens (tertiary/aromatic N) is 1. The Bertz CT molecular complexity index is 1770. The summed E-state index contributed by atoms with van der Waals surface area (Å²) >= 11 is 0. The lowest BCUT2D eigenvalue weighted by molar-refractivity contribution is -0.148. The second-order valence-corrected chi connectivity index (χ2v) is 11.4. The van der Waals surface area contributed by atoms with E-state index in [1.165, 1.54) is 4.90 Å². The molecule has 10 nitrogen and oxygen atoms in total. The molecule has 1 amide bonds. The molecule has 0 radical (unpaired) electrons. The summed E-state index contributed by atoms with van der Waals surface area (Å²) in [6.07, 6.45) is 0.277. The third-order valence-corrected chi connectivity index (χ3v) is 8.95. The van der Waals surface area contributed by atoms with Crippen LogP contribution < -0.4 is 10.5 Å². The standard InChI is InChI=1S/C32H30N2O8/c1-34(2)25-21-13-18-11-17-10-16-5-4-15(14-6-8-19(42-3)9-7-14)12-20(16)26(35)22(17)27(36)23(18)29(38)32(21,41)30(39)24(28(25)37)31(33)40/h4-10,12,18,21,25,35,37-38,41H,11,13H2,1-3H3,(H2,33,40)/t18-,21-,25-,32-/m0/s1. The van der Waals surface area contributed by atoms with E-state index in [1.54, 1.807) is 27.3 Å². The lowest BCUT2D eigenvalue weighted by Gasteiger charge is -2.50. The van der Waals surface area contributed by atoms with Gasteiger partial charge in [-0.2, -0.15) is 0 Å². The van der Waals surface area contributed by atoms with Gasteiger partial charge in [-0.15, -0.1) is 0 Å². The number of primary amides is 1. The highest BCUT2D eigenvalue weighted by molar-refractivity contribution is 6.25. The minimum absolute atomic E-state index is 0.0184. The highest BCUT2D eigenvalue weighted by Gasteiger charge is 2.63. The Kier molecular flexibility index (Phi) is 6.18. The van der Waals surface area contributed by atoms with Gasteiger partial charge < -0.3 is 30.9 Å². The molecule has 0 bridgehead atoms. The number of ether oxygens (including phenoxy) is 1. The second-order valence-electron chi connectivity index (χ2n) is 11.4. The summed E-state index contributed by atoms with van der Waals surface area (Å²) < 4.78 is 5.23. The van der Waals surface area contributed by atoms with Crippen molar-refractivity contribution in [3.8, 4) is 22.6 Å². The number of aliphatic hydroxyl groups is 3. The molecule has 0 heterocycles. The fraction of sp³-hybridized carbons (Fsp3) is 0.281. The first-order valence-corrected chi connectivity index (χ1v) is 13.5. The number of benzene rings is 3. The monoisotopic (exact) mass is 570 g/mol. The van der Waals surface area contributed by atoms with E-state index in [-0.39, 0.29) is 29.7 Å². The molecule has 6 rings (SSSR count). The summed E-state index contributed by atoms with van der Waals surface area (Å²) in [6.45, 7) is 0. The first-order chi connectivity index (χ1) is 19.9. The summed E-state index contributed by atoms with van der Waals surface area (Å²) in [5.41, 5.74) is 3.92. The summed E-state index contributed by atoms with van der Waals surface area (Å²) in [6, 6.07) is 13.7. The maximum atomic E-state index is 14.0. The van der Waals surface area contributed by atoms with E-state index in [1.807, 2.05) is 42.5 Å². The molecule has 0 saturated heterocycles. The fourth-order valence-corrected chi connectivity index (χ4v) is 6.98. The molecule has 4 atom stereocenters. The predicted molar refractivity (Wildman–Crippen MR) is 153 cm³/mol. The van der Waals surface area contributed by atoms with Gasteiger partial charge in [-0.25, -0.2) is 0 Å². The van der Waals surface area contributed by atoms with Crippen LogP contribution in [0, 0.1) is 11.8 Å². The van der Waals surface area contributed by atoms with E-state index in [0.29, 0.717) is 22.1 Å². The number of fused-ring (bicyclic) bond motifs is 4. The Morgan fingerprint density at radius 3 is 2.31 bits per heavy atom. The van der Waals surface area contributed by atoms with Gasteiger partial charge in [-0.05, 0) is 73.1 Å². The smallest absolute Gasteiger partial charge is 0.255 e. The number of amides is 1. The average Bonchev–Trinajstić information content (AvgIpc) is 2.94. The maximum Gasteiger partial charge on any atom is 0.255 e. The first kappa shape index (κ1) is 27.5. The first-order valence-electron chi connectivity index (χ1n) is 13.5. The van der Waals surface area contributed by atoms with Crippen molar-refractivity contribution in [3.05, 3.63) is 82.3 Å². The van der Waals surface area contributed by atoms with E-state index >= 15 is 0 Å². The van der Waals surface area contributed by atoms with Gasteiger partial charge in [0.05, 0.1) is 18.7 Å². The van der Waals surface area contributed by atoms with E-state index in [0.717, 1.165) is 11.1 Å². The van der Waals surface area contributed by atoms with Crippen molar-refractivity contribution in [2.24, 2.45) is 17.6 Å². The van der Waals surface area contributed by atoms with Crippen LogP contribution in [0.5, 0.6) is 11.5 Å². The van der Waals surface area contributed by atoms with Crippen LogP contribution in [0.1, 0.15) is 22.3 Å². The number of nitrogens with two attached hydrogens (primary N) is 1. The number of likely N-dealkylation sites (N-methyl/N-ethyl adjacent to an activating group) is 1. The number of phenols is 1. The number of methoxy groups -OCH3 is 1. The second kappa shape index (κ2) is 9.43. The normalized spacial score (nSPS) is 25.4. The quantitative estimate of drug-likeness (QED) is 0.296. The molecule has 3 aromatic rings. The largest absolute Gasteiger partial charge is 0.510 e. The molecule has 10 heteroatoms. The maximum absolute atomic E-state index is 14.0. The summed E-state index contributed by atoms with van der Waals surface area (Å²) in [5, 5.41) is 46.7. The topological polar surface area (TPSA) is 171 Å². The molecule has 3 aliphatic carbocycles. The number of Topliss-reactive ketones (excluding diaryl/α,β-unsaturated/α-hetero) is 2. The van der Waals surface area contributed by atoms with Crippen LogP contribution in [0.3, 0.4) is 0 Å². The van der Waals surface area contributed by atoms with Gasteiger partial charge in [-0.3, -0.25) is 19.3 Å². The number of aliphatic hydroxyl groups excluding tert-OH is 2. The predicted octanol–water partition coefficient (Wildman–Crippen LogP) is 2.95. The number of hydrogen-bond donors (Lipinski definition) is 5. The van der Waals surface area contributed by atoms with Gasteiger partial charge in [0, 0.05) is 16.9 Å². The number of carbonyl (C=O) groups excluding carboxylic acids is 3. The van der Waals surface area contributed by atoms with Crippen LogP contribution in [0.4, 0.5) is 0 Å². The van der Waals surface area contributed by atoms with E-state index in [4.69, 9.17) is 10.5 Å². The third kappa shape index (κ3) is 3.68. The highest BCUT2D eigenvalue weighted by Crippen LogP contribution is 2.52. The Labute approximate surface area is 240 Å². The molecule has 0 unspecified atom stereocenters. The van der Waals surface area contributed by atoms with Gasteiger partial charge in [0.1, 0.15) is 28.6 Å². The summed E-state index contributed by atoms with van der Waals surface area (Å²) in [4.78, 5) is 41.1. The van der Waals surface area contributed by atoms with E-state index in [9.17, 15) is 34.8 Å². The Balaban J connectivity index is 1.50. The van der Waals surface area contributed by atoms with Gasteiger partial charge in [-0.1, -0.05) is 30.3 Å². The van der Waals surface area contributed by atoms with Crippen LogP contribution in [0.2, 0.25) is 0 Å². The van der Waals surface area contributed by atoms with Crippen molar-refractivity contribution in [2.75, 3.05) is 21.2 Å². The number of hydrogen-bond acceptors (Lipinski definition) is 9. The van der Waals surface area contributed by atoms with Crippen LogP contribution in [-0.4, -0.2) is 75.6 Å². The zero-order chi connectivity index (χ0) is 30.2. The highest BCUT2D eigenvalue weighted by atomic mass is 16.5. The number of carbonyl (C=O) groups is 3. The lowest BCUT2D eigenvalue weighted by atomic mass is 9.58. The molecule has 3 aromatic carbocycles. The number of ketones is 2. The molecular weight excluding hydrogens is 540 g/mol. The van der Waals surface area contributed by atoms with Gasteiger partial charge >= 0.3 is 0 Å². The molecule has 0 aliphatic heterocycles. The lowest BCUT2D eigenvalue weighted by Crippen LogP contribution is -2.63. The number of allylic oxidation sites excluding steroid dienone is 1. The van der Waals surface area contributed by atoms with Crippen molar-refractivity contribution in [2.45, 2.75) is 24.5 Å². The van der Waals surface area contributed by atoms with Crippen LogP contribution >= 0.6 is 0 Å². The molecule has 0 aromatic heterocycles. The van der Waals surface area contributed by atoms with Crippen LogP contribution in [0.15, 0.2) is 71.2 Å². The molecule has 3 aliphatic rings. The zero-order valence-electron chi connectivity index (χ0n) is 23.2. The number of rotatable bonds is 4. The van der Waals surface area contributed by atoms with Crippen molar-refractivity contribution >= 4 is 28.2 Å². The fourth-order valence-electron chi connectivity index (χ4n) is 6.98. The van der Waals surface area contributed by atoms with Crippen LogP contribution in [0.25, 0.3) is 21.9 Å². The van der Waals surface area contributed by atoms with E-state index < -0.39 is 58.0 Å². The zero-order valence-corrected chi connectivity index (χ0v) is 23.2. The number of phenolic OH excluding ortho intramolecular Hbond substituents is 1. The van der Waals surface area contributed by atoms with E-state index in [2.05, 4.69) is 0 Å². The SMILES string of the molecule is COc1ccc(-c2ccc3cc4c(c(O)c3c2)C(=O)C2=C(O)[C@]3(O)C(=O)C(C(N)=O)=C(O)[C@@H](N(C)C)[C@@H]3C[C@@H]2C4)cc1. The Morgan fingerprint density at radius 2 is 1.69 bits per heavy atom. The van der Waals surface area contributed by atoms with Crippen molar-refractivity contribution in [1.29, 1.82) is 0 Å². The van der Waals surface area contributed by atoms with Crippen LogP contribution in [-0.2, 0) is 16.0 Å². The summed E-state index contributed by atoms with van der Waals surface area (Å²) in [5.74, 6) is -5.96. The Hall–Kier alpha value is -4.67. The third-order valence-electron chi connectivity index (χ3n) is 8.95. The van der Waals surface area contributed by atoms with Gasteiger partial charge in [0.2, 0.25) is 5.78 Å². The molecule has 0 saturated carbocycles. The average molecular weight is 571 g/mol.